The topological polar surface area (TPSA) is 41.1 Å². The molecule has 6 heteroatoms. The molecular formula is C20H22Cl2N2OS. The lowest BCUT2D eigenvalue weighted by Gasteiger charge is -2.15. The summed E-state index contributed by atoms with van der Waals surface area (Å²) in [4.78, 5) is 12.5. The Bertz CT molecular complexity index is 791. The molecule has 1 atom stereocenters. The third-order valence-electron chi connectivity index (χ3n) is 3.93. The molecule has 0 aliphatic heterocycles. The van der Waals surface area contributed by atoms with E-state index in [2.05, 4.69) is 36.6 Å². The average molecular weight is 409 g/mol. The molecule has 0 aromatic heterocycles. The fourth-order valence-corrected chi connectivity index (χ4v) is 3.08. The maximum absolute atomic E-state index is 12.5. The Hall–Kier alpha value is -1.62. The molecule has 0 bridgehead atoms. The van der Waals surface area contributed by atoms with Gasteiger partial charge in [-0.25, -0.2) is 0 Å². The SMILES string of the molecule is CC(C)Cc1ccc(C(C)C(=O)NC(=S)Nc2cc(Cl)ccc2Cl)cc1. The van der Waals surface area contributed by atoms with Gasteiger partial charge in [0, 0.05) is 5.02 Å². The molecule has 2 N–H and O–H groups in total. The van der Waals surface area contributed by atoms with E-state index in [1.807, 2.05) is 19.1 Å². The van der Waals surface area contributed by atoms with E-state index in [9.17, 15) is 4.79 Å². The molecule has 26 heavy (non-hydrogen) atoms. The third-order valence-corrected chi connectivity index (χ3v) is 4.70. The maximum Gasteiger partial charge on any atom is 0.233 e. The van der Waals surface area contributed by atoms with Crippen LogP contribution in [0.1, 0.15) is 37.8 Å². The van der Waals surface area contributed by atoms with Crippen LogP contribution in [0.4, 0.5) is 5.69 Å². The van der Waals surface area contributed by atoms with Gasteiger partial charge in [-0.05, 0) is 60.8 Å². The second-order valence-electron chi connectivity index (χ2n) is 6.63. The van der Waals surface area contributed by atoms with E-state index in [1.54, 1.807) is 18.2 Å². The molecule has 2 aromatic carbocycles. The van der Waals surface area contributed by atoms with Crippen LogP contribution in [0.15, 0.2) is 42.5 Å². The molecule has 0 spiro atoms. The van der Waals surface area contributed by atoms with Crippen LogP contribution in [0.3, 0.4) is 0 Å². The molecule has 3 nitrogen and oxygen atoms in total. The predicted molar refractivity (Wildman–Crippen MR) is 114 cm³/mol. The standard InChI is InChI=1S/C20H22Cl2N2OS/c1-12(2)10-14-4-6-15(7-5-14)13(3)19(25)24-20(26)23-18-11-16(21)8-9-17(18)22/h4-9,11-13H,10H2,1-3H3,(H2,23,24,25,26). The summed E-state index contributed by atoms with van der Waals surface area (Å²) in [5.74, 6) is 0.0956. The van der Waals surface area contributed by atoms with E-state index in [4.69, 9.17) is 35.4 Å². The van der Waals surface area contributed by atoms with Crippen LogP contribution in [0.25, 0.3) is 0 Å². The van der Waals surface area contributed by atoms with Gasteiger partial charge in [0.2, 0.25) is 5.91 Å². The molecular weight excluding hydrogens is 387 g/mol. The minimum atomic E-state index is -0.322. The predicted octanol–water partition coefficient (Wildman–Crippen LogP) is 5.81. The molecule has 138 valence electrons. The van der Waals surface area contributed by atoms with Gasteiger partial charge in [-0.3, -0.25) is 4.79 Å². The van der Waals surface area contributed by atoms with Crippen LogP contribution < -0.4 is 10.6 Å². The summed E-state index contributed by atoms with van der Waals surface area (Å²) in [6.07, 6.45) is 1.02. The number of benzene rings is 2. The Kier molecular flexibility index (Phi) is 7.44. The highest BCUT2D eigenvalue weighted by molar-refractivity contribution is 7.80. The second kappa shape index (κ2) is 9.36. The zero-order valence-corrected chi connectivity index (χ0v) is 17.3. The van der Waals surface area contributed by atoms with Gasteiger partial charge in [0.05, 0.1) is 16.6 Å². The second-order valence-corrected chi connectivity index (χ2v) is 7.88. The normalized spacial score (nSPS) is 11.9. The summed E-state index contributed by atoms with van der Waals surface area (Å²) >= 11 is 17.3. The highest BCUT2D eigenvalue weighted by Gasteiger charge is 2.17. The average Bonchev–Trinajstić information content (AvgIpc) is 2.57. The Balaban J connectivity index is 1.97. The zero-order chi connectivity index (χ0) is 19.3. The van der Waals surface area contributed by atoms with Crippen LogP contribution >= 0.6 is 35.4 Å². The van der Waals surface area contributed by atoms with Gasteiger partial charge in [-0.1, -0.05) is 61.3 Å². The molecule has 0 heterocycles. The van der Waals surface area contributed by atoms with Crippen molar-refractivity contribution in [3.05, 3.63) is 63.6 Å². The van der Waals surface area contributed by atoms with E-state index in [-0.39, 0.29) is 16.9 Å². The van der Waals surface area contributed by atoms with E-state index in [1.165, 1.54) is 5.56 Å². The lowest BCUT2D eigenvalue weighted by molar-refractivity contribution is -0.120. The van der Waals surface area contributed by atoms with Gasteiger partial charge >= 0.3 is 0 Å². The van der Waals surface area contributed by atoms with Crippen molar-refractivity contribution < 1.29 is 4.79 Å². The van der Waals surface area contributed by atoms with Crippen molar-refractivity contribution >= 4 is 52.1 Å². The summed E-state index contributed by atoms with van der Waals surface area (Å²) < 4.78 is 0. The quantitative estimate of drug-likeness (QED) is 0.613. The molecule has 1 amide bonds. The Morgan fingerprint density at radius 3 is 2.35 bits per heavy atom. The first-order chi connectivity index (χ1) is 12.3. The zero-order valence-electron chi connectivity index (χ0n) is 15.0. The van der Waals surface area contributed by atoms with E-state index in [0.717, 1.165) is 12.0 Å². The van der Waals surface area contributed by atoms with Gasteiger partial charge in [-0.2, -0.15) is 0 Å². The monoisotopic (exact) mass is 408 g/mol. The van der Waals surface area contributed by atoms with Crippen molar-refractivity contribution in [2.45, 2.75) is 33.1 Å². The smallest absolute Gasteiger partial charge is 0.233 e. The fourth-order valence-electron chi connectivity index (χ4n) is 2.53. The summed E-state index contributed by atoms with van der Waals surface area (Å²) in [5, 5.41) is 6.79. The van der Waals surface area contributed by atoms with Gasteiger partial charge in [0.15, 0.2) is 5.11 Å². The molecule has 2 aromatic rings. The Morgan fingerprint density at radius 2 is 1.73 bits per heavy atom. The van der Waals surface area contributed by atoms with Crippen molar-refractivity contribution in [1.29, 1.82) is 0 Å². The number of hydrogen-bond acceptors (Lipinski definition) is 2. The van der Waals surface area contributed by atoms with Crippen LogP contribution in [-0.4, -0.2) is 11.0 Å². The van der Waals surface area contributed by atoms with Crippen LogP contribution in [0, 0.1) is 5.92 Å². The lowest BCUT2D eigenvalue weighted by atomic mass is 9.96. The minimum Gasteiger partial charge on any atom is -0.331 e. The van der Waals surface area contributed by atoms with Gasteiger partial charge in [0.25, 0.3) is 0 Å². The van der Waals surface area contributed by atoms with E-state index < -0.39 is 0 Å². The molecule has 1 unspecified atom stereocenters. The number of carbonyl (C=O) groups excluding carboxylic acids is 1. The molecule has 0 saturated carbocycles. The molecule has 0 aliphatic carbocycles. The molecule has 0 saturated heterocycles. The number of rotatable bonds is 5. The first kappa shape index (κ1) is 20.7. The summed E-state index contributed by atoms with van der Waals surface area (Å²) in [6, 6.07) is 13.1. The van der Waals surface area contributed by atoms with Gasteiger partial charge in [0.1, 0.15) is 0 Å². The van der Waals surface area contributed by atoms with Crippen molar-refractivity contribution in [3.63, 3.8) is 0 Å². The minimum absolute atomic E-state index is 0.183. The Morgan fingerprint density at radius 1 is 1.08 bits per heavy atom. The van der Waals surface area contributed by atoms with Gasteiger partial charge in [-0.15, -0.1) is 0 Å². The number of amides is 1. The number of anilines is 1. The summed E-state index contributed by atoms with van der Waals surface area (Å²) in [5.41, 5.74) is 2.76. The fraction of sp³-hybridized carbons (Fsp3) is 0.300. The van der Waals surface area contributed by atoms with Crippen molar-refractivity contribution in [1.82, 2.24) is 5.32 Å². The van der Waals surface area contributed by atoms with Crippen molar-refractivity contribution in [2.75, 3.05) is 5.32 Å². The third kappa shape index (κ3) is 5.97. The maximum atomic E-state index is 12.5. The molecule has 0 radical (unpaired) electrons. The first-order valence-corrected chi connectivity index (χ1v) is 9.58. The van der Waals surface area contributed by atoms with Gasteiger partial charge < -0.3 is 10.6 Å². The van der Waals surface area contributed by atoms with Crippen molar-refractivity contribution in [3.8, 4) is 0 Å². The molecule has 2 rings (SSSR count). The number of thiocarbonyl (C=S) groups is 1. The first-order valence-electron chi connectivity index (χ1n) is 8.42. The lowest BCUT2D eigenvalue weighted by Crippen LogP contribution is -2.36. The van der Waals surface area contributed by atoms with Crippen molar-refractivity contribution in [2.24, 2.45) is 5.92 Å². The molecule has 0 fully saturated rings. The van der Waals surface area contributed by atoms with Crippen LogP contribution in [0.5, 0.6) is 0 Å². The summed E-state index contributed by atoms with van der Waals surface area (Å²) in [7, 11) is 0. The van der Waals surface area contributed by atoms with Crippen LogP contribution in [0.2, 0.25) is 10.0 Å². The van der Waals surface area contributed by atoms with E-state index in [0.29, 0.717) is 21.7 Å². The number of carbonyl (C=O) groups is 1. The highest BCUT2D eigenvalue weighted by Crippen LogP contribution is 2.25. The largest absolute Gasteiger partial charge is 0.331 e. The number of halogens is 2. The number of hydrogen-bond donors (Lipinski definition) is 2. The highest BCUT2D eigenvalue weighted by atomic mass is 35.5. The molecule has 0 aliphatic rings. The number of nitrogens with one attached hydrogen (secondary N) is 2. The van der Waals surface area contributed by atoms with Crippen LogP contribution in [-0.2, 0) is 11.2 Å². The Labute approximate surface area is 170 Å². The van der Waals surface area contributed by atoms with E-state index >= 15 is 0 Å². The summed E-state index contributed by atoms with van der Waals surface area (Å²) in [6.45, 7) is 6.22.